The van der Waals surface area contributed by atoms with Gasteiger partial charge in [0.05, 0.1) is 0 Å². The summed E-state index contributed by atoms with van der Waals surface area (Å²) in [5.41, 5.74) is -0.920. The van der Waals surface area contributed by atoms with Crippen molar-refractivity contribution in [3.63, 3.8) is 0 Å². The average molecular weight is 228 g/mol. The van der Waals surface area contributed by atoms with Crippen molar-refractivity contribution >= 4 is 16.6 Å². The van der Waals surface area contributed by atoms with Crippen LogP contribution in [0, 0.1) is 0 Å². The van der Waals surface area contributed by atoms with E-state index >= 15 is 0 Å². The second-order valence-corrected chi connectivity index (χ2v) is 3.23. The zero-order valence-corrected chi connectivity index (χ0v) is 7.92. The maximum atomic E-state index is 12.4. The van der Waals surface area contributed by atoms with Crippen LogP contribution in [0.4, 0.5) is 13.2 Å². The van der Waals surface area contributed by atoms with Crippen LogP contribution < -0.4 is 0 Å². The van der Waals surface area contributed by atoms with Gasteiger partial charge in [0, 0.05) is 17.3 Å². The van der Waals surface area contributed by atoms with E-state index in [9.17, 15) is 13.2 Å². The lowest BCUT2D eigenvalue weighted by Gasteiger charge is -2.08. The van der Waals surface area contributed by atoms with Crippen molar-refractivity contribution in [1.29, 1.82) is 0 Å². The van der Waals surface area contributed by atoms with Crippen molar-refractivity contribution in [1.82, 2.24) is 4.98 Å². The van der Waals surface area contributed by atoms with E-state index < -0.39 is 11.9 Å². The topological polar surface area (TPSA) is 48.4 Å². The lowest BCUT2D eigenvalue weighted by atomic mass is 10.1. The molecule has 2 N–H and O–H groups in total. The van der Waals surface area contributed by atoms with Gasteiger partial charge in [0.1, 0.15) is 0 Å². The Morgan fingerprint density at radius 1 is 1.25 bits per heavy atom. The Morgan fingerprint density at radius 3 is 2.62 bits per heavy atom. The molecule has 3 nitrogen and oxygen atoms in total. The van der Waals surface area contributed by atoms with Crippen LogP contribution >= 0.6 is 0 Å². The van der Waals surface area contributed by atoms with Crippen LogP contribution in [0.3, 0.4) is 0 Å². The smallest absolute Gasteiger partial charge is 0.410 e. The largest absolute Gasteiger partial charge is 0.437 e. The van der Waals surface area contributed by atoms with Gasteiger partial charge in [0.2, 0.25) is 0 Å². The maximum Gasteiger partial charge on any atom is 0.437 e. The molecule has 0 atom stereocenters. The molecule has 6 heteroatoms. The van der Waals surface area contributed by atoms with Crippen molar-refractivity contribution in [3.05, 3.63) is 36.0 Å². The molecule has 84 valence electrons. The lowest BCUT2D eigenvalue weighted by Crippen LogP contribution is -2.23. The predicted molar refractivity (Wildman–Crippen MR) is 52.7 cm³/mol. The minimum atomic E-state index is -4.67. The molecule has 0 radical (unpaired) electrons. The Labute approximate surface area is 88.2 Å². The molecule has 2 aromatic rings. The molecule has 2 rings (SSSR count). The molecule has 0 amide bonds. The van der Waals surface area contributed by atoms with E-state index in [0.29, 0.717) is 5.52 Å². The van der Waals surface area contributed by atoms with Gasteiger partial charge in [-0.2, -0.15) is 13.2 Å². The van der Waals surface area contributed by atoms with E-state index in [1.807, 2.05) is 0 Å². The highest BCUT2D eigenvalue weighted by Crippen LogP contribution is 2.24. The Balaban J connectivity index is 2.54. The van der Waals surface area contributed by atoms with Crippen LogP contribution in [0.5, 0.6) is 0 Å². The normalized spacial score (nSPS) is 13.3. The third-order valence-corrected chi connectivity index (χ3v) is 2.20. The number of aromatic nitrogens is 1. The number of halogens is 3. The molecule has 0 bridgehead atoms. The molecule has 0 fully saturated rings. The fourth-order valence-electron chi connectivity index (χ4n) is 1.47. The highest BCUT2D eigenvalue weighted by Gasteiger charge is 2.37. The summed E-state index contributed by atoms with van der Waals surface area (Å²) in [7, 11) is 0. The summed E-state index contributed by atoms with van der Waals surface area (Å²) >= 11 is 0. The number of nitrogens with one attached hydrogen (secondary N) is 1. The van der Waals surface area contributed by atoms with E-state index in [-0.39, 0.29) is 5.56 Å². The summed E-state index contributed by atoms with van der Waals surface area (Å²) in [4.78, 5) is 2.79. The molecule has 1 heterocycles. The van der Waals surface area contributed by atoms with Crippen molar-refractivity contribution < 1.29 is 18.4 Å². The number of benzene rings is 1. The molecule has 1 aromatic heterocycles. The number of alkyl halides is 3. The number of hydrogen-bond acceptors (Lipinski definition) is 2. The number of aromatic amines is 1. The number of H-pyrrole nitrogens is 1. The molecule has 0 unspecified atom stereocenters. The first-order valence-electron chi connectivity index (χ1n) is 4.39. The monoisotopic (exact) mass is 228 g/mol. The Hall–Kier alpha value is -1.98. The highest BCUT2D eigenvalue weighted by atomic mass is 19.4. The van der Waals surface area contributed by atoms with Gasteiger partial charge in [-0.05, 0) is 17.5 Å². The molecule has 16 heavy (non-hydrogen) atoms. The predicted octanol–water partition coefficient (Wildman–Crippen LogP) is 2.91. The van der Waals surface area contributed by atoms with Gasteiger partial charge in [0.25, 0.3) is 0 Å². The number of fused-ring (bicyclic) bond motifs is 1. The molecule has 0 saturated carbocycles. The van der Waals surface area contributed by atoms with Gasteiger partial charge in [0.15, 0.2) is 5.71 Å². The van der Waals surface area contributed by atoms with Crippen LogP contribution in [0.15, 0.2) is 35.6 Å². The third-order valence-electron chi connectivity index (χ3n) is 2.20. The van der Waals surface area contributed by atoms with Crippen LogP contribution in [0.2, 0.25) is 0 Å². The molecule has 0 saturated heterocycles. The summed E-state index contributed by atoms with van der Waals surface area (Å²) in [5.74, 6) is 0. The first-order chi connectivity index (χ1) is 7.52. The van der Waals surface area contributed by atoms with Gasteiger partial charge >= 0.3 is 6.18 Å². The summed E-state index contributed by atoms with van der Waals surface area (Å²) in [5, 5.41) is 11.5. The van der Waals surface area contributed by atoms with Crippen LogP contribution in [0.25, 0.3) is 10.9 Å². The van der Waals surface area contributed by atoms with E-state index in [1.165, 1.54) is 18.2 Å². The summed E-state index contributed by atoms with van der Waals surface area (Å²) < 4.78 is 37.3. The number of oxime groups is 1. The zero-order chi connectivity index (χ0) is 11.8. The second-order valence-electron chi connectivity index (χ2n) is 3.23. The second kappa shape index (κ2) is 3.55. The number of nitrogens with zero attached hydrogens (tertiary/aromatic N) is 1. The van der Waals surface area contributed by atoms with Crippen LogP contribution in [-0.4, -0.2) is 22.1 Å². The van der Waals surface area contributed by atoms with E-state index in [4.69, 9.17) is 5.21 Å². The van der Waals surface area contributed by atoms with Gasteiger partial charge in [-0.25, -0.2) is 0 Å². The lowest BCUT2D eigenvalue weighted by molar-refractivity contribution is -0.0601. The summed E-state index contributed by atoms with van der Waals surface area (Å²) in [6.45, 7) is 0. The third kappa shape index (κ3) is 1.73. The summed E-state index contributed by atoms with van der Waals surface area (Å²) in [6, 6.07) is 5.82. The minimum Gasteiger partial charge on any atom is -0.410 e. The van der Waals surface area contributed by atoms with Gasteiger partial charge in [-0.1, -0.05) is 17.3 Å². The first kappa shape index (κ1) is 10.5. The van der Waals surface area contributed by atoms with Gasteiger partial charge in [-0.15, -0.1) is 0 Å². The van der Waals surface area contributed by atoms with E-state index in [2.05, 4.69) is 10.1 Å². The van der Waals surface area contributed by atoms with Crippen molar-refractivity contribution in [2.45, 2.75) is 6.18 Å². The average Bonchev–Trinajstić information content (AvgIpc) is 2.63. The van der Waals surface area contributed by atoms with Crippen molar-refractivity contribution in [3.8, 4) is 0 Å². The Kier molecular flexibility index (Phi) is 2.34. The molecule has 0 aliphatic heterocycles. The maximum absolute atomic E-state index is 12.4. The van der Waals surface area contributed by atoms with Gasteiger partial charge < -0.3 is 10.2 Å². The number of hydrogen-bond donors (Lipinski definition) is 2. The van der Waals surface area contributed by atoms with E-state index in [1.54, 1.807) is 12.3 Å². The fourth-order valence-corrected chi connectivity index (χ4v) is 1.47. The quantitative estimate of drug-likeness (QED) is 0.440. The molecule has 1 aromatic carbocycles. The standard InChI is InChI=1S/C10H7F3N2O/c11-10(12,13)9(15-16)7-2-1-6-3-4-14-8(6)5-7/h1-5,14,16H/b15-9+. The Morgan fingerprint density at radius 2 is 2.00 bits per heavy atom. The van der Waals surface area contributed by atoms with Crippen molar-refractivity contribution in [2.24, 2.45) is 5.16 Å². The Bertz CT molecular complexity index is 542. The van der Waals surface area contributed by atoms with Crippen LogP contribution in [0.1, 0.15) is 5.56 Å². The molecule has 0 aliphatic carbocycles. The first-order valence-corrected chi connectivity index (χ1v) is 4.39. The molecular weight excluding hydrogens is 221 g/mol. The van der Waals surface area contributed by atoms with Crippen LogP contribution in [-0.2, 0) is 0 Å². The molecule has 0 spiro atoms. The highest BCUT2D eigenvalue weighted by molar-refractivity contribution is 6.06. The van der Waals surface area contributed by atoms with Crippen molar-refractivity contribution in [2.75, 3.05) is 0 Å². The van der Waals surface area contributed by atoms with E-state index in [0.717, 1.165) is 5.39 Å². The number of rotatable bonds is 1. The molecule has 0 aliphatic rings. The fraction of sp³-hybridized carbons (Fsp3) is 0.100. The molecular formula is C10H7F3N2O. The minimum absolute atomic E-state index is 0.176. The SMILES string of the molecule is O/N=C(\c1ccc2cc[nH]c2c1)C(F)(F)F. The zero-order valence-electron chi connectivity index (χ0n) is 7.92. The summed E-state index contributed by atoms with van der Waals surface area (Å²) in [6.07, 6.45) is -3.05. The van der Waals surface area contributed by atoms with Gasteiger partial charge in [-0.3, -0.25) is 0 Å².